The van der Waals surface area contributed by atoms with Crippen molar-refractivity contribution in [2.75, 3.05) is 26.3 Å². The van der Waals surface area contributed by atoms with Gasteiger partial charge in [-0.1, -0.05) is 0 Å². The van der Waals surface area contributed by atoms with Gasteiger partial charge >= 0.3 is 6.03 Å². The molecule has 0 saturated carbocycles. The minimum atomic E-state index is -0.367. The Balaban J connectivity index is 2.49. The molecule has 1 rings (SSSR count). The molecule has 0 aromatic rings. The van der Waals surface area contributed by atoms with Gasteiger partial charge in [0.05, 0.1) is 26.3 Å². The summed E-state index contributed by atoms with van der Waals surface area (Å²) in [4.78, 5) is 11.0. The number of hydrazine groups is 2. The number of amides is 2. The molecule has 0 aromatic carbocycles. The van der Waals surface area contributed by atoms with Crippen LogP contribution in [0.5, 0.6) is 0 Å². The fourth-order valence-corrected chi connectivity index (χ4v) is 0.784. The topological polar surface area (TPSA) is 84.8 Å². The van der Waals surface area contributed by atoms with E-state index in [1.807, 2.05) is 0 Å². The molecule has 0 radical (unpaired) electrons. The Kier molecular flexibility index (Phi) is 2.64. The maximum Gasteiger partial charge on any atom is 0.348 e. The van der Waals surface area contributed by atoms with Crippen LogP contribution in [0.15, 0.2) is 0 Å². The molecule has 1 aliphatic heterocycles. The quantitative estimate of drug-likeness (QED) is 0.333. The summed E-state index contributed by atoms with van der Waals surface area (Å²) in [7, 11) is 0. The summed E-state index contributed by atoms with van der Waals surface area (Å²) in [6.45, 7) is 1.70. The van der Waals surface area contributed by atoms with Gasteiger partial charge in [-0.2, -0.15) is 0 Å². The SMILES string of the molecule is NN1CCOCCN(N)C1=O. The van der Waals surface area contributed by atoms with E-state index < -0.39 is 0 Å². The second kappa shape index (κ2) is 3.51. The summed E-state index contributed by atoms with van der Waals surface area (Å²) in [6, 6.07) is -0.367. The van der Waals surface area contributed by atoms with E-state index in [0.29, 0.717) is 26.3 Å². The van der Waals surface area contributed by atoms with Gasteiger partial charge in [0.2, 0.25) is 0 Å². The molecule has 1 fully saturated rings. The minimum absolute atomic E-state index is 0.367. The largest absolute Gasteiger partial charge is 0.378 e. The van der Waals surface area contributed by atoms with Crippen LogP contribution in [0.4, 0.5) is 4.79 Å². The van der Waals surface area contributed by atoms with E-state index in [-0.39, 0.29) is 6.03 Å². The van der Waals surface area contributed by atoms with Gasteiger partial charge in [0, 0.05) is 0 Å². The molecule has 0 atom stereocenters. The van der Waals surface area contributed by atoms with Crippen molar-refractivity contribution in [2.24, 2.45) is 11.7 Å². The van der Waals surface area contributed by atoms with Crippen LogP contribution in [0.2, 0.25) is 0 Å². The number of carbonyl (C=O) groups is 1. The summed E-state index contributed by atoms with van der Waals surface area (Å²) >= 11 is 0. The third-order valence-electron chi connectivity index (χ3n) is 1.44. The fourth-order valence-electron chi connectivity index (χ4n) is 0.784. The predicted molar refractivity (Wildman–Crippen MR) is 38.0 cm³/mol. The highest BCUT2D eigenvalue weighted by Crippen LogP contribution is 1.93. The molecule has 6 nitrogen and oxygen atoms in total. The van der Waals surface area contributed by atoms with Crippen LogP contribution in [0.25, 0.3) is 0 Å². The average Bonchev–Trinajstić information content (AvgIpc) is 2.00. The van der Waals surface area contributed by atoms with Crippen molar-refractivity contribution in [1.29, 1.82) is 0 Å². The van der Waals surface area contributed by atoms with Crippen LogP contribution in [0.3, 0.4) is 0 Å². The Bertz CT molecular complexity index is 137. The van der Waals surface area contributed by atoms with Gasteiger partial charge < -0.3 is 4.74 Å². The number of nitrogens with zero attached hydrogens (tertiary/aromatic N) is 2. The summed E-state index contributed by atoms with van der Waals surface area (Å²) in [5.74, 6) is 10.6. The zero-order valence-electron chi connectivity index (χ0n) is 6.19. The Morgan fingerprint density at radius 2 is 1.64 bits per heavy atom. The van der Waals surface area contributed by atoms with E-state index >= 15 is 0 Å². The maximum atomic E-state index is 11.0. The van der Waals surface area contributed by atoms with Crippen LogP contribution in [-0.2, 0) is 4.74 Å². The molecule has 0 bridgehead atoms. The Hall–Kier alpha value is -0.850. The lowest BCUT2D eigenvalue weighted by Crippen LogP contribution is -2.53. The highest BCUT2D eigenvalue weighted by atomic mass is 16.5. The summed E-state index contributed by atoms with van der Waals surface area (Å²) in [6.07, 6.45) is 0. The minimum Gasteiger partial charge on any atom is -0.378 e. The predicted octanol–water partition coefficient (Wildman–Crippen LogP) is -1.51. The van der Waals surface area contributed by atoms with Crippen molar-refractivity contribution in [1.82, 2.24) is 10.0 Å². The second-order valence-electron chi connectivity index (χ2n) is 2.28. The van der Waals surface area contributed by atoms with Crippen LogP contribution in [0.1, 0.15) is 0 Å². The van der Waals surface area contributed by atoms with Crippen molar-refractivity contribution in [3.63, 3.8) is 0 Å². The Morgan fingerprint density at radius 1 is 1.18 bits per heavy atom. The lowest BCUT2D eigenvalue weighted by Gasteiger charge is -2.26. The van der Waals surface area contributed by atoms with Gasteiger partial charge in [0.15, 0.2) is 0 Å². The monoisotopic (exact) mass is 160 g/mol. The molecular formula is C5H12N4O2. The van der Waals surface area contributed by atoms with Gasteiger partial charge in [0.1, 0.15) is 0 Å². The van der Waals surface area contributed by atoms with Crippen molar-refractivity contribution < 1.29 is 9.53 Å². The summed E-state index contributed by atoms with van der Waals surface area (Å²) in [5.41, 5.74) is 0. The lowest BCUT2D eigenvalue weighted by molar-refractivity contribution is 0.0603. The van der Waals surface area contributed by atoms with Gasteiger partial charge in [0.25, 0.3) is 0 Å². The molecular weight excluding hydrogens is 148 g/mol. The standard InChI is InChI=1S/C5H12N4O2/c6-8-1-3-11-4-2-9(7)5(8)10/h1-4,6-7H2. The number of carbonyl (C=O) groups excluding carboxylic acids is 1. The number of nitrogens with two attached hydrogens (primary N) is 2. The first kappa shape index (κ1) is 8.25. The van der Waals surface area contributed by atoms with Gasteiger partial charge in [-0.3, -0.25) is 10.0 Å². The third kappa shape index (κ3) is 2.04. The first-order valence-corrected chi connectivity index (χ1v) is 3.38. The van der Waals surface area contributed by atoms with Crippen LogP contribution in [0, 0.1) is 0 Å². The molecule has 1 heterocycles. The summed E-state index contributed by atoms with van der Waals surface area (Å²) < 4.78 is 5.07. The number of rotatable bonds is 0. The fraction of sp³-hybridized carbons (Fsp3) is 0.800. The third-order valence-corrected chi connectivity index (χ3v) is 1.44. The lowest BCUT2D eigenvalue weighted by atomic mass is 10.5. The van der Waals surface area contributed by atoms with E-state index in [1.54, 1.807) is 0 Å². The highest BCUT2D eigenvalue weighted by Gasteiger charge is 2.16. The van der Waals surface area contributed by atoms with Crippen molar-refractivity contribution in [3.05, 3.63) is 0 Å². The van der Waals surface area contributed by atoms with Crippen molar-refractivity contribution >= 4 is 6.03 Å². The number of urea groups is 1. The van der Waals surface area contributed by atoms with Gasteiger partial charge in [-0.25, -0.2) is 16.5 Å². The molecule has 0 aliphatic carbocycles. The number of ether oxygens (including phenoxy) is 1. The smallest absolute Gasteiger partial charge is 0.348 e. The van der Waals surface area contributed by atoms with Crippen molar-refractivity contribution in [2.45, 2.75) is 0 Å². The van der Waals surface area contributed by atoms with Crippen LogP contribution < -0.4 is 11.7 Å². The first-order chi connectivity index (χ1) is 5.22. The Labute approximate surface area is 64.6 Å². The molecule has 1 aliphatic rings. The zero-order valence-corrected chi connectivity index (χ0v) is 6.19. The van der Waals surface area contributed by atoms with Crippen molar-refractivity contribution in [3.8, 4) is 0 Å². The molecule has 6 heteroatoms. The second-order valence-corrected chi connectivity index (χ2v) is 2.28. The zero-order chi connectivity index (χ0) is 8.27. The molecule has 1 saturated heterocycles. The van der Waals surface area contributed by atoms with E-state index in [2.05, 4.69) is 0 Å². The van der Waals surface area contributed by atoms with Gasteiger partial charge in [-0.05, 0) is 0 Å². The number of hydrogen-bond donors (Lipinski definition) is 2. The Morgan fingerprint density at radius 3 is 2.09 bits per heavy atom. The normalized spacial score (nSPS) is 21.5. The van der Waals surface area contributed by atoms with E-state index in [1.165, 1.54) is 0 Å². The molecule has 2 amide bonds. The molecule has 64 valence electrons. The highest BCUT2D eigenvalue weighted by molar-refractivity contribution is 5.73. The number of hydrogen-bond acceptors (Lipinski definition) is 4. The van der Waals surface area contributed by atoms with E-state index in [0.717, 1.165) is 10.0 Å². The summed E-state index contributed by atoms with van der Waals surface area (Å²) in [5, 5.41) is 2.08. The van der Waals surface area contributed by atoms with Crippen LogP contribution >= 0.6 is 0 Å². The van der Waals surface area contributed by atoms with Gasteiger partial charge in [-0.15, -0.1) is 0 Å². The molecule has 0 aromatic heterocycles. The van der Waals surface area contributed by atoms with E-state index in [9.17, 15) is 4.79 Å². The molecule has 0 spiro atoms. The molecule has 0 unspecified atom stereocenters. The van der Waals surface area contributed by atoms with Crippen LogP contribution in [-0.4, -0.2) is 42.4 Å². The average molecular weight is 160 g/mol. The molecule has 11 heavy (non-hydrogen) atoms. The maximum absolute atomic E-state index is 11.0. The molecule has 4 N–H and O–H groups in total. The van der Waals surface area contributed by atoms with E-state index in [4.69, 9.17) is 16.4 Å². The first-order valence-electron chi connectivity index (χ1n) is 3.38.